The summed E-state index contributed by atoms with van der Waals surface area (Å²) in [4.78, 5) is 32.4. The molecule has 0 aromatic heterocycles. The van der Waals surface area contributed by atoms with Crippen LogP contribution in [0.3, 0.4) is 0 Å². The Morgan fingerprint density at radius 3 is 2.12 bits per heavy atom. The van der Waals surface area contributed by atoms with Gasteiger partial charge in [-0.05, 0) is 54.2 Å². The van der Waals surface area contributed by atoms with Gasteiger partial charge < -0.3 is 20.3 Å². The Morgan fingerprint density at radius 1 is 0.837 bits per heavy atom. The summed E-state index contributed by atoms with van der Waals surface area (Å²) in [5.74, 6) is 0.706. The number of nitrogens with two attached hydrogens (primary N) is 1. The molecule has 2 heterocycles. The molecule has 220 valence electrons. The van der Waals surface area contributed by atoms with E-state index in [0.717, 1.165) is 23.1 Å². The Hall–Kier alpha value is -4.42. The normalized spacial score (nSPS) is 20.7. The Morgan fingerprint density at radius 2 is 1.47 bits per heavy atom. The van der Waals surface area contributed by atoms with Crippen molar-refractivity contribution in [3.63, 3.8) is 0 Å². The van der Waals surface area contributed by atoms with E-state index in [1.54, 1.807) is 4.90 Å². The molecule has 43 heavy (non-hydrogen) atoms. The molecule has 6 nitrogen and oxygen atoms in total. The fraction of sp³-hybridized carbons (Fsp3) is 0.297. The van der Waals surface area contributed by atoms with Crippen molar-refractivity contribution < 1.29 is 14.3 Å². The van der Waals surface area contributed by atoms with Gasteiger partial charge in [0.1, 0.15) is 18.4 Å². The lowest BCUT2D eigenvalue weighted by Crippen LogP contribution is -2.47. The second-order valence-corrected chi connectivity index (χ2v) is 11.8. The summed E-state index contributed by atoms with van der Waals surface area (Å²) in [5, 5.41) is 0. The lowest BCUT2D eigenvalue weighted by molar-refractivity contribution is -0.134. The van der Waals surface area contributed by atoms with E-state index in [2.05, 4.69) is 36.4 Å². The predicted octanol–water partition coefficient (Wildman–Crippen LogP) is 6.30. The monoisotopic (exact) mass is 573 g/mol. The van der Waals surface area contributed by atoms with Gasteiger partial charge in [-0.1, -0.05) is 97.1 Å². The van der Waals surface area contributed by atoms with Crippen molar-refractivity contribution in [3.8, 4) is 5.75 Å². The van der Waals surface area contributed by atoms with Crippen LogP contribution in [0.25, 0.3) is 0 Å². The molecular formula is C37H39N3O3. The third-order valence-corrected chi connectivity index (χ3v) is 8.89. The number of carbonyl (C=O) groups is 2. The zero-order valence-electron chi connectivity index (χ0n) is 24.6. The van der Waals surface area contributed by atoms with Crippen LogP contribution in [0.4, 0.5) is 0 Å². The molecular weight excluding hydrogens is 534 g/mol. The third-order valence-electron chi connectivity index (χ3n) is 8.89. The average Bonchev–Trinajstić information content (AvgIpc) is 3.73. The van der Waals surface area contributed by atoms with Crippen LogP contribution in [0.1, 0.15) is 70.3 Å². The highest BCUT2D eigenvalue weighted by Gasteiger charge is 2.44. The minimum absolute atomic E-state index is 0.0281. The zero-order valence-corrected chi connectivity index (χ0v) is 24.6. The molecule has 2 aliphatic heterocycles. The number of benzene rings is 4. The van der Waals surface area contributed by atoms with Crippen LogP contribution in [0.5, 0.6) is 5.75 Å². The first kappa shape index (κ1) is 28.7. The number of ether oxygens (including phenoxy) is 1. The molecule has 2 N–H and O–H groups in total. The van der Waals surface area contributed by atoms with Crippen molar-refractivity contribution in [1.29, 1.82) is 0 Å². The van der Waals surface area contributed by atoms with Gasteiger partial charge in [-0.3, -0.25) is 9.59 Å². The van der Waals surface area contributed by atoms with Crippen LogP contribution in [-0.4, -0.2) is 47.3 Å². The molecule has 2 saturated heterocycles. The van der Waals surface area contributed by atoms with Gasteiger partial charge in [0.05, 0.1) is 5.56 Å². The quantitative estimate of drug-likeness (QED) is 0.268. The molecule has 2 amide bonds. The van der Waals surface area contributed by atoms with Crippen LogP contribution >= 0.6 is 0 Å². The van der Waals surface area contributed by atoms with E-state index in [4.69, 9.17) is 10.5 Å². The molecule has 4 aromatic rings. The molecule has 0 bridgehead atoms. The maximum atomic E-state index is 14.5. The topological polar surface area (TPSA) is 75.9 Å². The van der Waals surface area contributed by atoms with Crippen molar-refractivity contribution in [2.75, 3.05) is 19.6 Å². The number of carbonyl (C=O) groups excluding carboxylic acids is 2. The summed E-state index contributed by atoms with van der Waals surface area (Å²) in [7, 11) is 0. The van der Waals surface area contributed by atoms with Crippen molar-refractivity contribution in [2.45, 2.75) is 50.3 Å². The SMILES string of the molecule is C[C@H](N)c1ccc(OCc2ccccc2)c(C(=O)N2C[C@@H](c3ccccc3)C[C@H]2C(=O)N2CCC(c3ccccc3)C2)c1. The highest BCUT2D eigenvalue weighted by Crippen LogP contribution is 2.37. The van der Waals surface area contributed by atoms with Crippen molar-refractivity contribution in [2.24, 2.45) is 5.73 Å². The van der Waals surface area contributed by atoms with Gasteiger partial charge in [0.25, 0.3) is 5.91 Å². The zero-order chi connectivity index (χ0) is 29.8. The molecule has 0 radical (unpaired) electrons. The second kappa shape index (κ2) is 12.8. The van der Waals surface area contributed by atoms with E-state index >= 15 is 0 Å². The summed E-state index contributed by atoms with van der Waals surface area (Å²) >= 11 is 0. The minimum Gasteiger partial charge on any atom is -0.488 e. The first-order valence-electron chi connectivity index (χ1n) is 15.2. The second-order valence-electron chi connectivity index (χ2n) is 11.8. The minimum atomic E-state index is -0.548. The largest absolute Gasteiger partial charge is 0.488 e. The summed E-state index contributed by atoms with van der Waals surface area (Å²) in [6, 6.07) is 35.3. The van der Waals surface area contributed by atoms with Crippen molar-refractivity contribution in [3.05, 3.63) is 137 Å². The first-order valence-corrected chi connectivity index (χ1v) is 15.2. The molecule has 2 aliphatic rings. The summed E-state index contributed by atoms with van der Waals surface area (Å²) in [5.41, 5.74) is 10.9. The standard InChI is InChI=1S/C37H39N3O3/c1-26(38)30-17-18-35(43-25-27-11-5-2-6-12-27)33(21-30)36(41)40-24-32(29-15-9-4-10-16-29)22-34(40)37(42)39-20-19-31(23-39)28-13-7-3-8-14-28/h2-18,21,26,31-32,34H,19-20,22-25,38H2,1H3/t26-,31?,32-,34-/m0/s1. The van der Waals surface area contributed by atoms with E-state index < -0.39 is 6.04 Å². The van der Waals surface area contributed by atoms with Gasteiger partial charge in [-0.15, -0.1) is 0 Å². The summed E-state index contributed by atoms with van der Waals surface area (Å²) < 4.78 is 6.23. The molecule has 4 aromatic carbocycles. The molecule has 0 aliphatic carbocycles. The Bertz CT molecular complexity index is 1540. The number of rotatable bonds is 8. The summed E-state index contributed by atoms with van der Waals surface area (Å²) in [6.45, 7) is 4.07. The molecule has 6 rings (SSSR count). The average molecular weight is 574 g/mol. The van der Waals surface area contributed by atoms with E-state index in [1.165, 1.54) is 5.56 Å². The van der Waals surface area contributed by atoms with E-state index in [9.17, 15) is 9.59 Å². The van der Waals surface area contributed by atoms with Crippen LogP contribution in [0, 0.1) is 0 Å². The highest BCUT2D eigenvalue weighted by molar-refractivity contribution is 6.00. The number of likely N-dealkylation sites (tertiary alicyclic amines) is 2. The van der Waals surface area contributed by atoms with Crippen LogP contribution in [0.15, 0.2) is 109 Å². The molecule has 2 fully saturated rings. The van der Waals surface area contributed by atoms with E-state index in [-0.39, 0.29) is 23.8 Å². The first-order chi connectivity index (χ1) is 21.0. The van der Waals surface area contributed by atoms with E-state index in [0.29, 0.717) is 49.9 Å². The third kappa shape index (κ3) is 6.35. The Kier molecular flexibility index (Phi) is 8.57. The number of amides is 2. The van der Waals surface area contributed by atoms with Gasteiger partial charge in [-0.25, -0.2) is 0 Å². The predicted molar refractivity (Wildman–Crippen MR) is 169 cm³/mol. The summed E-state index contributed by atoms with van der Waals surface area (Å²) in [6.07, 6.45) is 1.51. The fourth-order valence-electron chi connectivity index (χ4n) is 6.44. The highest BCUT2D eigenvalue weighted by atomic mass is 16.5. The Balaban J connectivity index is 1.29. The number of nitrogens with zero attached hydrogens (tertiary/aromatic N) is 2. The van der Waals surface area contributed by atoms with Crippen molar-refractivity contribution in [1.82, 2.24) is 9.80 Å². The van der Waals surface area contributed by atoms with Crippen LogP contribution < -0.4 is 10.5 Å². The van der Waals surface area contributed by atoms with Gasteiger partial charge in [-0.2, -0.15) is 0 Å². The fourth-order valence-corrected chi connectivity index (χ4v) is 6.44. The maximum absolute atomic E-state index is 14.5. The number of hydrogen-bond donors (Lipinski definition) is 1. The lowest BCUT2D eigenvalue weighted by Gasteiger charge is -2.29. The molecule has 0 spiro atoms. The smallest absolute Gasteiger partial charge is 0.258 e. The molecule has 0 saturated carbocycles. The van der Waals surface area contributed by atoms with Gasteiger partial charge in [0.15, 0.2) is 0 Å². The Labute approximate surface area is 254 Å². The maximum Gasteiger partial charge on any atom is 0.258 e. The van der Waals surface area contributed by atoms with Gasteiger partial charge >= 0.3 is 0 Å². The lowest BCUT2D eigenvalue weighted by atomic mass is 9.96. The molecule has 1 unspecified atom stereocenters. The molecule has 4 atom stereocenters. The number of hydrogen-bond acceptors (Lipinski definition) is 4. The van der Waals surface area contributed by atoms with Gasteiger partial charge in [0.2, 0.25) is 5.91 Å². The van der Waals surface area contributed by atoms with Crippen molar-refractivity contribution >= 4 is 11.8 Å². The van der Waals surface area contributed by atoms with Crippen LogP contribution in [-0.2, 0) is 11.4 Å². The van der Waals surface area contributed by atoms with Gasteiger partial charge in [0, 0.05) is 37.5 Å². The molecule has 6 heteroatoms. The van der Waals surface area contributed by atoms with E-state index in [1.807, 2.05) is 84.6 Å². The van der Waals surface area contributed by atoms with Crippen LogP contribution in [0.2, 0.25) is 0 Å².